The lowest BCUT2D eigenvalue weighted by Crippen LogP contribution is -2.10. The van der Waals surface area contributed by atoms with E-state index in [1.165, 1.54) is 21.9 Å². The van der Waals surface area contributed by atoms with Crippen LogP contribution in [0.2, 0.25) is 0 Å². The van der Waals surface area contributed by atoms with E-state index in [1.807, 2.05) is 0 Å². The molecule has 5 heteroatoms. The summed E-state index contributed by atoms with van der Waals surface area (Å²) in [4.78, 5) is 0. The maximum Gasteiger partial charge on any atom is 0.101 e. The van der Waals surface area contributed by atoms with E-state index in [0.29, 0.717) is 11.1 Å². The number of nitrogens with zero attached hydrogens (tertiary/aromatic N) is 5. The molecule has 0 bridgehead atoms. The number of nitriles is 2. The summed E-state index contributed by atoms with van der Waals surface area (Å²) in [5.74, 6) is 0. The Bertz CT molecular complexity index is 3620. The van der Waals surface area contributed by atoms with E-state index in [2.05, 4.69) is 213 Å². The van der Waals surface area contributed by atoms with Crippen molar-refractivity contribution in [3.05, 3.63) is 174 Å². The summed E-state index contributed by atoms with van der Waals surface area (Å²) in [6, 6.07) is 59.1. The molecular weight excluding hydrogens is 743 g/mol. The molecule has 3 aromatic heterocycles. The lowest BCUT2D eigenvalue weighted by atomic mass is 9.85. The van der Waals surface area contributed by atoms with E-state index in [4.69, 9.17) is 0 Å². The molecule has 0 saturated heterocycles. The summed E-state index contributed by atoms with van der Waals surface area (Å²) >= 11 is 0. The first-order valence-electron chi connectivity index (χ1n) is 21.0. The third-order valence-electron chi connectivity index (χ3n) is 12.8. The Kier molecular flexibility index (Phi) is 7.74. The van der Waals surface area contributed by atoms with Crippen LogP contribution in [0.15, 0.2) is 152 Å². The van der Waals surface area contributed by atoms with E-state index in [-0.39, 0.29) is 10.8 Å². The lowest BCUT2D eigenvalue weighted by Gasteiger charge is -2.19. The van der Waals surface area contributed by atoms with Gasteiger partial charge in [0.25, 0.3) is 0 Å². The van der Waals surface area contributed by atoms with Crippen LogP contribution in [0.3, 0.4) is 0 Å². The van der Waals surface area contributed by atoms with E-state index < -0.39 is 0 Å². The molecule has 0 amide bonds. The Morgan fingerprint density at radius 3 is 1.39 bits per heavy atom. The van der Waals surface area contributed by atoms with Crippen LogP contribution in [0.5, 0.6) is 0 Å². The summed E-state index contributed by atoms with van der Waals surface area (Å²) in [6.45, 7) is 13.5. The minimum atomic E-state index is -0.0498. The highest BCUT2D eigenvalue weighted by atomic mass is 15.0. The maximum absolute atomic E-state index is 10.9. The number of fused-ring (bicyclic) bond motifs is 11. The Morgan fingerprint density at radius 1 is 0.377 bits per heavy atom. The molecule has 0 radical (unpaired) electrons. The van der Waals surface area contributed by atoms with E-state index >= 15 is 0 Å². The highest BCUT2D eigenvalue weighted by molar-refractivity contribution is 6.22. The molecule has 11 rings (SSSR count). The Labute approximate surface area is 354 Å². The molecule has 0 fully saturated rings. The normalized spacial score (nSPS) is 12.4. The molecule has 61 heavy (non-hydrogen) atoms. The zero-order chi connectivity index (χ0) is 41.9. The van der Waals surface area contributed by atoms with Gasteiger partial charge >= 0.3 is 0 Å². The number of hydrogen-bond acceptors (Lipinski definition) is 2. The minimum Gasteiger partial charge on any atom is -0.309 e. The molecule has 292 valence electrons. The first-order chi connectivity index (χ1) is 29.4. The van der Waals surface area contributed by atoms with Crippen molar-refractivity contribution < 1.29 is 0 Å². The second-order valence-electron chi connectivity index (χ2n) is 18.5. The molecule has 3 heterocycles. The Balaban J connectivity index is 1.24. The topological polar surface area (TPSA) is 62.4 Å². The molecular formula is C56H43N5. The van der Waals surface area contributed by atoms with E-state index in [1.54, 1.807) is 6.07 Å². The standard InChI is InChI=1S/C56H43N5/c1-55(2,3)37-20-24-48-43(28-37)44-29-38(56(4,5)6)21-25-49(44)60(48)52-31-53(36(33-58)27-35(52)32-57)61-50-26-22-39(30-45(50)54-40-14-8-7-13-34(40)19-23-51(54)61)59-46-17-11-9-15-41(46)42-16-10-12-18-47(42)59/h7-31H,1-6H3. The highest BCUT2D eigenvalue weighted by Gasteiger charge is 2.25. The van der Waals surface area contributed by atoms with Crippen LogP contribution in [0, 0.1) is 22.7 Å². The quantitative estimate of drug-likeness (QED) is 0.179. The first-order valence-corrected chi connectivity index (χ1v) is 21.0. The number of hydrogen-bond donors (Lipinski definition) is 0. The molecule has 8 aromatic carbocycles. The smallest absolute Gasteiger partial charge is 0.101 e. The fraction of sp³-hybridized carbons (Fsp3) is 0.143. The van der Waals surface area contributed by atoms with Crippen LogP contribution in [0.25, 0.3) is 93.3 Å². The monoisotopic (exact) mass is 785 g/mol. The molecule has 0 spiro atoms. The van der Waals surface area contributed by atoms with Crippen LogP contribution >= 0.6 is 0 Å². The molecule has 0 aliphatic heterocycles. The molecule has 5 nitrogen and oxygen atoms in total. The molecule has 0 N–H and O–H groups in total. The van der Waals surface area contributed by atoms with Crippen molar-refractivity contribution in [3.63, 3.8) is 0 Å². The average Bonchev–Trinajstić information content (AvgIpc) is 3.90. The van der Waals surface area contributed by atoms with Gasteiger partial charge in [0.05, 0.1) is 55.6 Å². The van der Waals surface area contributed by atoms with Gasteiger partial charge in [-0.25, -0.2) is 0 Å². The van der Waals surface area contributed by atoms with Gasteiger partial charge in [-0.1, -0.05) is 120 Å². The van der Waals surface area contributed by atoms with Crippen LogP contribution in [-0.4, -0.2) is 13.7 Å². The van der Waals surface area contributed by atoms with Gasteiger partial charge in [-0.15, -0.1) is 0 Å². The molecule has 0 unspecified atom stereocenters. The molecule has 0 atom stereocenters. The largest absolute Gasteiger partial charge is 0.309 e. The number of rotatable bonds is 3. The number of benzene rings is 8. The maximum atomic E-state index is 10.9. The fourth-order valence-electron chi connectivity index (χ4n) is 9.72. The number of aromatic nitrogens is 3. The summed E-state index contributed by atoms with van der Waals surface area (Å²) in [6.07, 6.45) is 0. The van der Waals surface area contributed by atoms with Crippen molar-refractivity contribution in [2.75, 3.05) is 0 Å². The first kappa shape index (κ1) is 36.5. The van der Waals surface area contributed by atoms with Gasteiger partial charge in [-0.2, -0.15) is 10.5 Å². The van der Waals surface area contributed by atoms with Gasteiger partial charge in [0.15, 0.2) is 0 Å². The van der Waals surface area contributed by atoms with Crippen molar-refractivity contribution in [2.24, 2.45) is 0 Å². The fourth-order valence-corrected chi connectivity index (χ4v) is 9.72. The van der Waals surface area contributed by atoms with Crippen LogP contribution in [-0.2, 0) is 10.8 Å². The third-order valence-corrected chi connectivity index (χ3v) is 12.8. The van der Waals surface area contributed by atoms with Gasteiger partial charge in [0.2, 0.25) is 0 Å². The molecule has 0 aliphatic rings. The van der Waals surface area contributed by atoms with Gasteiger partial charge in [-0.05, 0) is 106 Å². The summed E-state index contributed by atoms with van der Waals surface area (Å²) in [7, 11) is 0. The van der Waals surface area contributed by atoms with Crippen molar-refractivity contribution in [1.29, 1.82) is 10.5 Å². The van der Waals surface area contributed by atoms with Crippen molar-refractivity contribution in [1.82, 2.24) is 13.7 Å². The molecule has 11 aromatic rings. The van der Waals surface area contributed by atoms with Crippen LogP contribution < -0.4 is 0 Å². The zero-order valence-electron chi connectivity index (χ0n) is 35.2. The van der Waals surface area contributed by atoms with Gasteiger partial charge in [-0.3, -0.25) is 0 Å². The van der Waals surface area contributed by atoms with Gasteiger partial charge in [0, 0.05) is 38.0 Å². The second-order valence-corrected chi connectivity index (χ2v) is 18.5. The zero-order valence-corrected chi connectivity index (χ0v) is 35.2. The van der Waals surface area contributed by atoms with Gasteiger partial charge < -0.3 is 13.7 Å². The lowest BCUT2D eigenvalue weighted by molar-refractivity contribution is 0.590. The van der Waals surface area contributed by atoms with E-state index in [9.17, 15) is 10.5 Å². The minimum absolute atomic E-state index is 0.0498. The summed E-state index contributed by atoms with van der Waals surface area (Å²) in [5, 5.41) is 31.0. The predicted octanol–water partition coefficient (Wildman–Crippen LogP) is 14.5. The number of para-hydroxylation sites is 2. The Hall–Kier alpha value is -7.60. The van der Waals surface area contributed by atoms with Crippen molar-refractivity contribution >= 4 is 76.2 Å². The van der Waals surface area contributed by atoms with Gasteiger partial charge in [0.1, 0.15) is 12.1 Å². The molecule has 0 saturated carbocycles. The summed E-state index contributed by atoms with van der Waals surface area (Å²) < 4.78 is 6.83. The third kappa shape index (κ3) is 5.37. The van der Waals surface area contributed by atoms with E-state index in [0.717, 1.165) is 82.5 Å². The van der Waals surface area contributed by atoms with Crippen LogP contribution in [0.4, 0.5) is 0 Å². The second kappa shape index (κ2) is 12.9. The SMILES string of the molecule is CC(C)(C)c1ccc2c(c1)c1cc(C(C)(C)C)ccc1n2-c1cc(-n2c3ccc(-n4c5ccccc5c5ccccc54)cc3c3c4ccccc4ccc32)c(C#N)cc1C#N. The van der Waals surface area contributed by atoms with Crippen molar-refractivity contribution in [2.45, 2.75) is 52.4 Å². The average molecular weight is 786 g/mol. The summed E-state index contributed by atoms with van der Waals surface area (Å²) in [5.41, 5.74) is 12.1. The Morgan fingerprint density at radius 2 is 0.836 bits per heavy atom. The highest BCUT2D eigenvalue weighted by Crippen LogP contribution is 2.43. The predicted molar refractivity (Wildman–Crippen MR) is 254 cm³/mol. The van der Waals surface area contributed by atoms with Crippen molar-refractivity contribution in [3.8, 4) is 29.2 Å². The molecule has 0 aliphatic carbocycles. The van der Waals surface area contributed by atoms with Crippen LogP contribution in [0.1, 0.15) is 63.8 Å².